The van der Waals surface area contributed by atoms with E-state index in [1.807, 2.05) is 13.8 Å². The second-order valence-corrected chi connectivity index (χ2v) is 4.15. The maximum absolute atomic E-state index is 12.1. The van der Waals surface area contributed by atoms with E-state index in [9.17, 15) is 8.78 Å². The van der Waals surface area contributed by atoms with E-state index in [4.69, 9.17) is 0 Å². The van der Waals surface area contributed by atoms with Crippen LogP contribution >= 0.6 is 0 Å². The zero-order valence-corrected chi connectivity index (χ0v) is 10.7. The number of imidazole rings is 1. The third-order valence-electron chi connectivity index (χ3n) is 2.70. The number of nitrogens with zero attached hydrogens (tertiary/aromatic N) is 1. The zero-order chi connectivity index (χ0) is 13.8. The largest absolute Gasteiger partial charge is 0.435 e. The first-order valence-electron chi connectivity index (χ1n) is 5.85. The number of alkyl halides is 2. The maximum atomic E-state index is 12.1. The average Bonchev–Trinajstić information content (AvgIpc) is 2.66. The third-order valence-corrected chi connectivity index (χ3v) is 2.70. The fraction of sp³-hybridized carbons (Fsp3) is 0.308. The van der Waals surface area contributed by atoms with E-state index in [0.717, 1.165) is 17.2 Å². The van der Waals surface area contributed by atoms with E-state index in [-0.39, 0.29) is 5.75 Å². The summed E-state index contributed by atoms with van der Waals surface area (Å²) < 4.78 is 28.5. The van der Waals surface area contributed by atoms with Gasteiger partial charge in [-0.2, -0.15) is 8.78 Å². The van der Waals surface area contributed by atoms with Crippen molar-refractivity contribution in [1.29, 1.82) is 0 Å². The number of H-pyrrole nitrogens is 1. The van der Waals surface area contributed by atoms with Crippen molar-refractivity contribution >= 4 is 5.69 Å². The van der Waals surface area contributed by atoms with Crippen LogP contribution in [0.5, 0.6) is 5.75 Å². The van der Waals surface area contributed by atoms with Gasteiger partial charge in [0.1, 0.15) is 11.6 Å². The van der Waals surface area contributed by atoms with Gasteiger partial charge >= 0.3 is 6.61 Å². The predicted octanol–water partition coefficient (Wildman–Crippen LogP) is 3.24. The normalized spacial score (nSPS) is 10.8. The van der Waals surface area contributed by atoms with Crippen molar-refractivity contribution in [3.05, 3.63) is 41.5 Å². The van der Waals surface area contributed by atoms with Crippen LogP contribution in [0, 0.1) is 13.8 Å². The molecule has 0 aliphatic heterocycles. The van der Waals surface area contributed by atoms with E-state index in [1.165, 1.54) is 12.1 Å². The Morgan fingerprint density at radius 1 is 1.37 bits per heavy atom. The monoisotopic (exact) mass is 267 g/mol. The number of halogens is 2. The summed E-state index contributed by atoms with van der Waals surface area (Å²) in [6.45, 7) is 1.55. The molecule has 0 bridgehead atoms. The molecule has 2 N–H and O–H groups in total. The molecule has 0 aliphatic carbocycles. The number of rotatable bonds is 5. The van der Waals surface area contributed by atoms with Crippen LogP contribution in [0.3, 0.4) is 0 Å². The lowest BCUT2D eigenvalue weighted by Crippen LogP contribution is -2.04. The summed E-state index contributed by atoms with van der Waals surface area (Å²) in [7, 11) is 0. The summed E-state index contributed by atoms with van der Waals surface area (Å²) in [6.07, 6.45) is 0. The van der Waals surface area contributed by atoms with Crippen LogP contribution in [0.2, 0.25) is 0 Å². The highest BCUT2D eigenvalue weighted by Crippen LogP contribution is 2.19. The molecule has 1 heterocycles. The van der Waals surface area contributed by atoms with E-state index in [1.54, 1.807) is 12.1 Å². The molecule has 0 saturated carbocycles. The Morgan fingerprint density at radius 2 is 2.16 bits per heavy atom. The quantitative estimate of drug-likeness (QED) is 0.874. The SMILES string of the molecule is Cc1nc(CNc2cccc(OC(F)F)c2)[nH]c1C. The molecule has 0 saturated heterocycles. The van der Waals surface area contributed by atoms with Crippen LogP contribution in [-0.2, 0) is 6.54 Å². The Labute approximate surface area is 109 Å². The number of ether oxygens (including phenoxy) is 1. The molecule has 0 spiro atoms. The van der Waals surface area contributed by atoms with Gasteiger partial charge in [0.15, 0.2) is 0 Å². The third kappa shape index (κ3) is 3.67. The summed E-state index contributed by atoms with van der Waals surface area (Å²) in [4.78, 5) is 7.46. The van der Waals surface area contributed by atoms with E-state index in [2.05, 4.69) is 20.0 Å². The van der Waals surface area contributed by atoms with Gasteiger partial charge in [0, 0.05) is 17.4 Å². The lowest BCUT2D eigenvalue weighted by molar-refractivity contribution is -0.0498. The molecule has 102 valence electrons. The average molecular weight is 267 g/mol. The van der Waals surface area contributed by atoms with Gasteiger partial charge in [-0.05, 0) is 26.0 Å². The molecule has 2 rings (SSSR count). The van der Waals surface area contributed by atoms with Gasteiger partial charge in [-0.1, -0.05) is 6.07 Å². The number of aromatic nitrogens is 2. The van der Waals surface area contributed by atoms with Crippen molar-refractivity contribution in [3.63, 3.8) is 0 Å². The van der Waals surface area contributed by atoms with E-state index < -0.39 is 6.61 Å². The van der Waals surface area contributed by atoms with Crippen molar-refractivity contribution in [1.82, 2.24) is 9.97 Å². The minimum Gasteiger partial charge on any atom is -0.435 e. The maximum Gasteiger partial charge on any atom is 0.387 e. The Hall–Kier alpha value is -2.11. The van der Waals surface area contributed by atoms with Gasteiger partial charge in [-0.15, -0.1) is 0 Å². The molecule has 0 unspecified atom stereocenters. The Morgan fingerprint density at radius 3 is 2.79 bits per heavy atom. The summed E-state index contributed by atoms with van der Waals surface area (Å²) in [6, 6.07) is 6.44. The van der Waals surface area contributed by atoms with Crippen LogP contribution in [0.15, 0.2) is 24.3 Å². The molecule has 0 aliphatic rings. The van der Waals surface area contributed by atoms with Crippen LogP contribution < -0.4 is 10.1 Å². The fourth-order valence-electron chi connectivity index (χ4n) is 1.67. The Kier molecular flexibility index (Phi) is 3.99. The molecule has 0 radical (unpaired) electrons. The standard InChI is InChI=1S/C13H15F2N3O/c1-8-9(2)18-12(17-8)7-16-10-4-3-5-11(6-10)19-13(14)15/h3-6,13,16H,7H2,1-2H3,(H,17,18). The number of hydrogen-bond acceptors (Lipinski definition) is 3. The first-order chi connectivity index (χ1) is 9.04. The van der Waals surface area contributed by atoms with Crippen molar-refractivity contribution in [3.8, 4) is 5.75 Å². The second kappa shape index (κ2) is 5.69. The first-order valence-corrected chi connectivity index (χ1v) is 5.85. The van der Waals surface area contributed by atoms with Gasteiger partial charge in [0.05, 0.1) is 12.2 Å². The number of benzene rings is 1. The van der Waals surface area contributed by atoms with Crippen LogP contribution in [0.1, 0.15) is 17.2 Å². The minimum atomic E-state index is -2.81. The minimum absolute atomic E-state index is 0.131. The van der Waals surface area contributed by atoms with Crippen molar-refractivity contribution in [2.24, 2.45) is 0 Å². The molecule has 1 aromatic carbocycles. The lowest BCUT2D eigenvalue weighted by Gasteiger charge is -2.08. The van der Waals surface area contributed by atoms with Gasteiger partial charge in [0.2, 0.25) is 0 Å². The highest BCUT2D eigenvalue weighted by atomic mass is 19.3. The van der Waals surface area contributed by atoms with Crippen LogP contribution in [0.25, 0.3) is 0 Å². The van der Waals surface area contributed by atoms with Crippen LogP contribution in [-0.4, -0.2) is 16.6 Å². The lowest BCUT2D eigenvalue weighted by atomic mass is 10.3. The summed E-state index contributed by atoms with van der Waals surface area (Å²) >= 11 is 0. The van der Waals surface area contributed by atoms with Crippen molar-refractivity contribution in [2.75, 3.05) is 5.32 Å². The number of nitrogens with one attached hydrogen (secondary N) is 2. The van der Waals surface area contributed by atoms with Gasteiger partial charge in [-0.3, -0.25) is 0 Å². The Balaban J connectivity index is 1.99. The molecule has 19 heavy (non-hydrogen) atoms. The smallest absolute Gasteiger partial charge is 0.387 e. The second-order valence-electron chi connectivity index (χ2n) is 4.15. The molecule has 0 amide bonds. The zero-order valence-electron chi connectivity index (χ0n) is 10.7. The van der Waals surface area contributed by atoms with Crippen molar-refractivity contribution in [2.45, 2.75) is 27.0 Å². The van der Waals surface area contributed by atoms with Crippen LogP contribution in [0.4, 0.5) is 14.5 Å². The first kappa shape index (κ1) is 13.3. The summed E-state index contributed by atoms with van der Waals surface area (Å²) in [5, 5.41) is 3.10. The number of hydrogen-bond donors (Lipinski definition) is 2. The molecule has 0 fully saturated rings. The number of aryl methyl sites for hydroxylation is 2. The van der Waals surface area contributed by atoms with Crippen molar-refractivity contribution < 1.29 is 13.5 Å². The summed E-state index contributed by atoms with van der Waals surface area (Å²) in [5.41, 5.74) is 2.67. The molecule has 4 nitrogen and oxygen atoms in total. The van der Waals surface area contributed by atoms with Gasteiger partial charge < -0.3 is 15.0 Å². The van der Waals surface area contributed by atoms with Gasteiger partial charge in [0.25, 0.3) is 0 Å². The highest BCUT2D eigenvalue weighted by molar-refractivity contribution is 5.48. The Bertz CT molecular complexity index is 535. The molecular formula is C13H15F2N3O. The molecule has 0 atom stereocenters. The summed E-state index contributed by atoms with van der Waals surface area (Å²) in [5.74, 6) is 0.932. The number of anilines is 1. The molecule has 6 heteroatoms. The topological polar surface area (TPSA) is 49.9 Å². The highest BCUT2D eigenvalue weighted by Gasteiger charge is 2.05. The fourth-order valence-corrected chi connectivity index (χ4v) is 1.67. The van der Waals surface area contributed by atoms with Gasteiger partial charge in [-0.25, -0.2) is 4.98 Å². The predicted molar refractivity (Wildman–Crippen MR) is 68.5 cm³/mol. The number of aromatic amines is 1. The van der Waals surface area contributed by atoms with E-state index >= 15 is 0 Å². The molecule has 2 aromatic rings. The van der Waals surface area contributed by atoms with E-state index in [0.29, 0.717) is 12.2 Å². The molecular weight excluding hydrogens is 252 g/mol. The molecule has 1 aromatic heterocycles.